The number of hydrogen-bond donors (Lipinski definition) is 1. The normalized spacial score (nSPS) is 9.94. The van der Waals surface area contributed by atoms with Crippen molar-refractivity contribution in [2.24, 2.45) is 0 Å². The van der Waals surface area contributed by atoms with Crippen LogP contribution in [0.3, 0.4) is 0 Å². The van der Waals surface area contributed by atoms with E-state index in [2.05, 4.69) is 31.2 Å². The maximum atomic E-state index is 11.2. The van der Waals surface area contributed by atoms with Crippen LogP contribution in [0, 0.1) is 0 Å². The number of esters is 1. The molecule has 0 amide bonds. The quantitative estimate of drug-likeness (QED) is 0.509. The molecule has 0 aliphatic heterocycles. The maximum Gasteiger partial charge on any atom is 0.316 e. The highest BCUT2D eigenvalue weighted by Gasteiger charge is 2.08. The van der Waals surface area contributed by atoms with Crippen molar-refractivity contribution in [2.45, 2.75) is 11.9 Å². The molecule has 88 valence electrons. The number of hydrogen-bond acceptors (Lipinski definition) is 6. The van der Waals surface area contributed by atoms with E-state index in [0.29, 0.717) is 17.6 Å². The highest BCUT2D eigenvalue weighted by atomic mass is 79.9. The lowest BCUT2D eigenvalue weighted by Crippen LogP contribution is -2.07. The summed E-state index contributed by atoms with van der Waals surface area (Å²) < 4.78 is 5.59. The minimum Gasteiger partial charge on any atom is -0.465 e. The van der Waals surface area contributed by atoms with E-state index in [1.165, 1.54) is 11.8 Å². The standard InChI is InChI=1S/C9H12BrN3O2S/c1-3-15-7(14)5-16-8-6(10)4-12-9(11-2)13-8/h4H,3,5H2,1-2H3,(H,11,12,13). The Morgan fingerprint density at radius 3 is 3.06 bits per heavy atom. The third-order valence-electron chi connectivity index (χ3n) is 1.57. The van der Waals surface area contributed by atoms with E-state index in [4.69, 9.17) is 4.74 Å². The largest absolute Gasteiger partial charge is 0.465 e. The van der Waals surface area contributed by atoms with Gasteiger partial charge in [0.2, 0.25) is 5.95 Å². The molecule has 0 spiro atoms. The summed E-state index contributed by atoms with van der Waals surface area (Å²) in [5.74, 6) is 0.519. The first kappa shape index (κ1) is 13.2. The molecule has 0 aliphatic rings. The van der Waals surface area contributed by atoms with Crippen LogP contribution in [0.25, 0.3) is 0 Å². The van der Waals surface area contributed by atoms with E-state index in [0.717, 1.165) is 4.47 Å². The summed E-state index contributed by atoms with van der Waals surface area (Å²) in [6.45, 7) is 2.17. The molecular weight excluding hydrogens is 294 g/mol. The zero-order chi connectivity index (χ0) is 12.0. The fraction of sp³-hybridized carbons (Fsp3) is 0.444. The van der Waals surface area contributed by atoms with E-state index in [9.17, 15) is 4.79 Å². The average Bonchev–Trinajstić information content (AvgIpc) is 2.28. The number of anilines is 1. The van der Waals surface area contributed by atoms with Gasteiger partial charge in [-0.2, -0.15) is 0 Å². The molecule has 0 radical (unpaired) electrons. The van der Waals surface area contributed by atoms with Gasteiger partial charge in [-0.15, -0.1) is 0 Å². The number of carbonyl (C=O) groups excluding carboxylic acids is 1. The van der Waals surface area contributed by atoms with Crippen molar-refractivity contribution in [2.75, 3.05) is 24.7 Å². The molecule has 0 atom stereocenters. The lowest BCUT2D eigenvalue weighted by molar-refractivity contribution is -0.139. The zero-order valence-corrected chi connectivity index (χ0v) is 11.4. The Balaban J connectivity index is 2.62. The van der Waals surface area contributed by atoms with Gasteiger partial charge >= 0.3 is 5.97 Å². The lowest BCUT2D eigenvalue weighted by Gasteiger charge is -2.05. The van der Waals surface area contributed by atoms with E-state index in [1.807, 2.05) is 0 Å². The molecule has 0 bridgehead atoms. The number of rotatable bonds is 5. The average molecular weight is 306 g/mol. The smallest absolute Gasteiger partial charge is 0.316 e. The second kappa shape index (κ2) is 6.70. The first-order chi connectivity index (χ1) is 7.67. The Kier molecular flexibility index (Phi) is 5.54. The summed E-state index contributed by atoms with van der Waals surface area (Å²) in [5, 5.41) is 3.55. The molecule has 0 fully saturated rings. The molecule has 0 saturated carbocycles. The minimum atomic E-state index is -0.246. The highest BCUT2D eigenvalue weighted by molar-refractivity contribution is 9.10. The van der Waals surface area contributed by atoms with Crippen molar-refractivity contribution in [1.82, 2.24) is 9.97 Å². The third kappa shape index (κ3) is 3.97. The number of nitrogens with one attached hydrogen (secondary N) is 1. The Bertz CT molecular complexity index is 376. The van der Waals surface area contributed by atoms with Gasteiger partial charge < -0.3 is 10.1 Å². The van der Waals surface area contributed by atoms with E-state index in [-0.39, 0.29) is 11.7 Å². The van der Waals surface area contributed by atoms with Crippen LogP contribution in [0.1, 0.15) is 6.92 Å². The van der Waals surface area contributed by atoms with Gasteiger partial charge in [-0.25, -0.2) is 9.97 Å². The molecule has 1 aromatic rings. The van der Waals surface area contributed by atoms with Crippen molar-refractivity contribution < 1.29 is 9.53 Å². The van der Waals surface area contributed by atoms with Crippen LogP contribution in [0.15, 0.2) is 15.7 Å². The Hall–Kier alpha value is -0.820. The molecule has 1 aromatic heterocycles. The molecule has 1 rings (SSSR count). The van der Waals surface area contributed by atoms with Crippen LogP contribution >= 0.6 is 27.7 Å². The molecule has 16 heavy (non-hydrogen) atoms. The number of halogens is 1. The lowest BCUT2D eigenvalue weighted by atomic mass is 10.7. The van der Waals surface area contributed by atoms with Gasteiger partial charge in [0.05, 0.1) is 16.8 Å². The zero-order valence-electron chi connectivity index (χ0n) is 8.99. The number of aromatic nitrogens is 2. The molecule has 0 unspecified atom stereocenters. The SMILES string of the molecule is CCOC(=O)CSc1nc(NC)ncc1Br. The summed E-state index contributed by atoms with van der Waals surface area (Å²) in [4.78, 5) is 19.4. The van der Waals surface area contributed by atoms with Crippen molar-refractivity contribution in [3.05, 3.63) is 10.7 Å². The predicted octanol–water partition coefficient (Wildman–Crippen LogP) is 1.94. The number of ether oxygens (including phenoxy) is 1. The second-order valence-electron chi connectivity index (χ2n) is 2.69. The van der Waals surface area contributed by atoms with Gasteiger partial charge in [-0.3, -0.25) is 4.79 Å². The van der Waals surface area contributed by atoms with Gasteiger partial charge in [0.1, 0.15) is 5.03 Å². The molecule has 1 N–H and O–H groups in total. The van der Waals surface area contributed by atoms with Crippen molar-refractivity contribution in [3.63, 3.8) is 0 Å². The summed E-state index contributed by atoms with van der Waals surface area (Å²) in [6, 6.07) is 0. The fourth-order valence-electron chi connectivity index (χ4n) is 0.903. The number of thioether (sulfide) groups is 1. The molecule has 5 nitrogen and oxygen atoms in total. The second-order valence-corrected chi connectivity index (χ2v) is 4.51. The van der Waals surface area contributed by atoms with Crippen LogP contribution in [-0.2, 0) is 9.53 Å². The van der Waals surface area contributed by atoms with Crippen LogP contribution < -0.4 is 5.32 Å². The van der Waals surface area contributed by atoms with Gasteiger partial charge in [0.25, 0.3) is 0 Å². The monoisotopic (exact) mass is 305 g/mol. The first-order valence-corrected chi connectivity index (χ1v) is 6.44. The number of carbonyl (C=O) groups is 1. The highest BCUT2D eigenvalue weighted by Crippen LogP contribution is 2.25. The Morgan fingerprint density at radius 1 is 1.69 bits per heavy atom. The maximum absolute atomic E-state index is 11.2. The van der Waals surface area contributed by atoms with Gasteiger partial charge in [-0.05, 0) is 22.9 Å². The Morgan fingerprint density at radius 2 is 2.44 bits per heavy atom. The predicted molar refractivity (Wildman–Crippen MR) is 66.6 cm³/mol. The molecule has 0 aliphatic carbocycles. The molecular formula is C9H12BrN3O2S. The summed E-state index contributed by atoms with van der Waals surface area (Å²) in [5.41, 5.74) is 0. The van der Waals surface area contributed by atoms with E-state index >= 15 is 0 Å². The summed E-state index contributed by atoms with van der Waals surface area (Å²) >= 11 is 4.64. The molecule has 1 heterocycles. The molecule has 0 saturated heterocycles. The summed E-state index contributed by atoms with van der Waals surface area (Å²) in [7, 11) is 1.74. The number of nitrogens with zero attached hydrogens (tertiary/aromatic N) is 2. The van der Waals surface area contributed by atoms with E-state index < -0.39 is 0 Å². The van der Waals surface area contributed by atoms with Crippen LogP contribution in [0.5, 0.6) is 0 Å². The fourth-order valence-corrected chi connectivity index (χ4v) is 2.12. The Labute approximate surface area is 107 Å². The molecule has 0 aromatic carbocycles. The van der Waals surface area contributed by atoms with Crippen LogP contribution in [0.4, 0.5) is 5.95 Å². The van der Waals surface area contributed by atoms with Crippen molar-refractivity contribution in [3.8, 4) is 0 Å². The van der Waals surface area contributed by atoms with Crippen LogP contribution in [-0.4, -0.2) is 35.3 Å². The van der Waals surface area contributed by atoms with Gasteiger partial charge in [0.15, 0.2) is 0 Å². The van der Waals surface area contributed by atoms with Crippen molar-refractivity contribution in [1.29, 1.82) is 0 Å². The molecule has 7 heteroatoms. The van der Waals surface area contributed by atoms with Crippen LogP contribution in [0.2, 0.25) is 0 Å². The van der Waals surface area contributed by atoms with Gasteiger partial charge in [0, 0.05) is 13.2 Å². The third-order valence-corrected chi connectivity index (χ3v) is 3.38. The van der Waals surface area contributed by atoms with Crippen molar-refractivity contribution >= 4 is 39.6 Å². The summed E-state index contributed by atoms with van der Waals surface area (Å²) in [6.07, 6.45) is 1.65. The van der Waals surface area contributed by atoms with E-state index in [1.54, 1.807) is 20.2 Å². The topological polar surface area (TPSA) is 64.1 Å². The van der Waals surface area contributed by atoms with Gasteiger partial charge in [-0.1, -0.05) is 11.8 Å². The minimum absolute atomic E-state index is 0.243. The first-order valence-electron chi connectivity index (χ1n) is 4.66.